The highest BCUT2D eigenvalue weighted by atomic mass is 32.2. The van der Waals surface area contributed by atoms with E-state index in [9.17, 15) is 18.4 Å². The summed E-state index contributed by atoms with van der Waals surface area (Å²) in [5.74, 6) is -3.63. The molecule has 1 heterocycles. The number of thioether (sulfide) groups is 1. The number of alkyl halides is 2. The molecule has 0 amide bonds. The van der Waals surface area contributed by atoms with E-state index in [1.807, 2.05) is 0 Å². The van der Waals surface area contributed by atoms with Crippen molar-refractivity contribution in [1.29, 1.82) is 0 Å². The van der Waals surface area contributed by atoms with Gasteiger partial charge in [-0.2, -0.15) is 0 Å². The molecule has 8 heteroatoms. The topological polar surface area (TPSA) is 52.6 Å². The minimum Gasteiger partial charge on any atom is -0.465 e. The molecule has 4 nitrogen and oxygen atoms in total. The van der Waals surface area contributed by atoms with Gasteiger partial charge in [0.15, 0.2) is 0 Å². The summed E-state index contributed by atoms with van der Waals surface area (Å²) in [5, 5.41) is 0. The number of fused-ring (bicyclic) bond motifs is 1. The monoisotopic (exact) mass is 364 g/mol. The first-order chi connectivity index (χ1) is 10.9. The Labute approximate surface area is 141 Å². The summed E-state index contributed by atoms with van der Waals surface area (Å²) in [4.78, 5) is 23.9. The quantitative estimate of drug-likeness (QED) is 0.569. The maximum Gasteiger partial charge on any atom is 0.348 e. The van der Waals surface area contributed by atoms with Crippen LogP contribution in [0.3, 0.4) is 0 Å². The SMILES string of the molecule is CCOC(=O)CSc1sc(C(=O)OCC)c2c1CC(F)(F)CC2. The number of esters is 2. The lowest BCUT2D eigenvalue weighted by Gasteiger charge is -2.23. The third kappa shape index (κ3) is 4.44. The Morgan fingerprint density at radius 3 is 2.57 bits per heavy atom. The van der Waals surface area contributed by atoms with E-state index < -0.39 is 24.3 Å². The Balaban J connectivity index is 2.26. The summed E-state index contributed by atoms with van der Waals surface area (Å²) in [5.41, 5.74) is 1.12. The predicted octanol–water partition coefficient (Wildman–Crippen LogP) is 3.70. The summed E-state index contributed by atoms with van der Waals surface area (Å²) in [6.45, 7) is 3.90. The van der Waals surface area contributed by atoms with Gasteiger partial charge in [-0.05, 0) is 31.4 Å². The molecule has 0 unspecified atom stereocenters. The number of carbonyl (C=O) groups excluding carboxylic acids is 2. The van der Waals surface area contributed by atoms with Gasteiger partial charge in [-0.25, -0.2) is 13.6 Å². The summed E-state index contributed by atoms with van der Waals surface area (Å²) in [7, 11) is 0. The Morgan fingerprint density at radius 2 is 1.91 bits per heavy atom. The molecule has 0 spiro atoms. The highest BCUT2D eigenvalue weighted by Crippen LogP contribution is 2.44. The first kappa shape index (κ1) is 18.2. The first-order valence-corrected chi connectivity index (χ1v) is 9.16. The maximum absolute atomic E-state index is 13.7. The number of hydrogen-bond donors (Lipinski definition) is 0. The van der Waals surface area contributed by atoms with Gasteiger partial charge < -0.3 is 9.47 Å². The fourth-order valence-electron chi connectivity index (χ4n) is 2.38. The molecule has 0 N–H and O–H groups in total. The molecule has 2 rings (SSSR count). The average Bonchev–Trinajstić information content (AvgIpc) is 2.82. The Bertz CT molecular complexity index is 599. The average molecular weight is 364 g/mol. The number of rotatable bonds is 6. The van der Waals surface area contributed by atoms with Crippen molar-refractivity contribution in [2.24, 2.45) is 0 Å². The van der Waals surface area contributed by atoms with E-state index >= 15 is 0 Å². The summed E-state index contributed by atoms with van der Waals surface area (Å²) < 4.78 is 37.9. The van der Waals surface area contributed by atoms with Crippen molar-refractivity contribution >= 4 is 35.0 Å². The van der Waals surface area contributed by atoms with Gasteiger partial charge in [-0.15, -0.1) is 23.1 Å². The first-order valence-electron chi connectivity index (χ1n) is 7.35. The third-order valence-electron chi connectivity index (χ3n) is 3.34. The highest BCUT2D eigenvalue weighted by Gasteiger charge is 2.39. The van der Waals surface area contributed by atoms with Crippen LogP contribution in [0.5, 0.6) is 0 Å². The lowest BCUT2D eigenvalue weighted by atomic mass is 9.91. The summed E-state index contributed by atoms with van der Waals surface area (Å²) in [6, 6.07) is 0. The van der Waals surface area contributed by atoms with E-state index in [1.165, 1.54) is 0 Å². The lowest BCUT2D eigenvalue weighted by Crippen LogP contribution is -2.26. The van der Waals surface area contributed by atoms with Crippen LogP contribution in [0.1, 0.15) is 41.1 Å². The largest absolute Gasteiger partial charge is 0.465 e. The van der Waals surface area contributed by atoms with E-state index in [0.717, 1.165) is 23.1 Å². The van der Waals surface area contributed by atoms with Crippen molar-refractivity contribution in [2.45, 2.75) is 43.2 Å². The lowest BCUT2D eigenvalue weighted by molar-refractivity contribution is -0.139. The van der Waals surface area contributed by atoms with Crippen LogP contribution >= 0.6 is 23.1 Å². The smallest absolute Gasteiger partial charge is 0.348 e. The number of hydrogen-bond acceptors (Lipinski definition) is 6. The molecule has 0 fully saturated rings. The van der Waals surface area contributed by atoms with Crippen molar-refractivity contribution in [3.63, 3.8) is 0 Å². The predicted molar refractivity (Wildman–Crippen MR) is 84.6 cm³/mol. The number of thiophene rings is 1. The molecule has 23 heavy (non-hydrogen) atoms. The zero-order chi connectivity index (χ0) is 17.0. The van der Waals surface area contributed by atoms with E-state index in [4.69, 9.17) is 9.47 Å². The van der Waals surface area contributed by atoms with Crippen LogP contribution in [-0.2, 0) is 27.1 Å². The van der Waals surface area contributed by atoms with Crippen molar-refractivity contribution in [2.75, 3.05) is 19.0 Å². The van der Waals surface area contributed by atoms with Crippen LogP contribution in [0.25, 0.3) is 0 Å². The summed E-state index contributed by atoms with van der Waals surface area (Å²) in [6.07, 6.45) is -0.526. The Hall–Kier alpha value is -1.15. The molecular weight excluding hydrogens is 346 g/mol. The van der Waals surface area contributed by atoms with Crippen LogP contribution in [0, 0.1) is 0 Å². The van der Waals surface area contributed by atoms with Gasteiger partial charge in [0, 0.05) is 12.8 Å². The van der Waals surface area contributed by atoms with Crippen LogP contribution in [-0.4, -0.2) is 36.8 Å². The molecule has 0 aromatic carbocycles. The van der Waals surface area contributed by atoms with Crippen molar-refractivity contribution in [3.8, 4) is 0 Å². The van der Waals surface area contributed by atoms with Gasteiger partial charge in [0.25, 0.3) is 5.92 Å². The molecule has 1 aromatic rings. The fourth-order valence-corrected chi connectivity index (χ4v) is 4.74. The van der Waals surface area contributed by atoms with Crippen molar-refractivity contribution < 1.29 is 27.8 Å². The second-order valence-corrected chi connectivity index (χ2v) is 7.29. The van der Waals surface area contributed by atoms with Crippen molar-refractivity contribution in [3.05, 3.63) is 16.0 Å². The van der Waals surface area contributed by atoms with Crippen molar-refractivity contribution in [1.82, 2.24) is 0 Å². The van der Waals surface area contributed by atoms with Gasteiger partial charge in [-0.3, -0.25) is 4.79 Å². The molecule has 0 atom stereocenters. The molecule has 0 aliphatic heterocycles. The second kappa shape index (κ2) is 7.61. The molecular formula is C15H18F2O4S2. The van der Waals surface area contributed by atoms with Crippen LogP contribution in [0.2, 0.25) is 0 Å². The molecule has 0 bridgehead atoms. The normalized spacial score (nSPS) is 15.8. The van der Waals surface area contributed by atoms with E-state index in [2.05, 4.69) is 0 Å². The zero-order valence-corrected chi connectivity index (χ0v) is 14.6. The van der Waals surface area contributed by atoms with Gasteiger partial charge in [0.2, 0.25) is 0 Å². The third-order valence-corrected chi connectivity index (χ3v) is 5.88. The molecule has 128 valence electrons. The number of halogens is 2. The molecule has 0 saturated heterocycles. The minimum atomic E-state index is -2.78. The van der Waals surface area contributed by atoms with E-state index in [1.54, 1.807) is 13.8 Å². The molecule has 0 radical (unpaired) electrons. The molecule has 0 saturated carbocycles. The van der Waals surface area contributed by atoms with Crippen LogP contribution in [0.15, 0.2) is 4.21 Å². The Kier molecular flexibility index (Phi) is 6.02. The molecule has 1 aliphatic carbocycles. The second-order valence-electron chi connectivity index (χ2n) is 5.02. The van der Waals surface area contributed by atoms with Crippen LogP contribution in [0.4, 0.5) is 8.78 Å². The van der Waals surface area contributed by atoms with Gasteiger partial charge in [0.1, 0.15) is 4.88 Å². The summed E-state index contributed by atoms with van der Waals surface area (Å²) >= 11 is 2.27. The van der Waals surface area contributed by atoms with Crippen LogP contribution < -0.4 is 0 Å². The molecule has 1 aromatic heterocycles. The van der Waals surface area contributed by atoms with Gasteiger partial charge >= 0.3 is 11.9 Å². The maximum atomic E-state index is 13.7. The Morgan fingerprint density at radius 1 is 1.22 bits per heavy atom. The minimum absolute atomic E-state index is 0.0363. The highest BCUT2D eigenvalue weighted by molar-refractivity contribution is 8.01. The van der Waals surface area contributed by atoms with Gasteiger partial charge in [-0.1, -0.05) is 0 Å². The zero-order valence-electron chi connectivity index (χ0n) is 12.9. The standard InChI is InChI=1S/C15H18F2O4S2/c1-3-20-11(18)8-22-14-10-7-15(16,17)6-5-9(10)12(23-14)13(19)21-4-2/h3-8H2,1-2H3. The van der Waals surface area contributed by atoms with E-state index in [0.29, 0.717) is 20.2 Å². The number of ether oxygens (including phenoxy) is 2. The van der Waals surface area contributed by atoms with Gasteiger partial charge in [0.05, 0.1) is 23.2 Å². The fraction of sp³-hybridized carbons (Fsp3) is 0.600. The number of carbonyl (C=O) groups is 2. The van der Waals surface area contributed by atoms with E-state index in [-0.39, 0.29) is 31.8 Å². The molecule has 1 aliphatic rings.